The quantitative estimate of drug-likeness (QED) is 0.401. The van der Waals surface area contributed by atoms with Gasteiger partial charge in [0.1, 0.15) is 17.6 Å². The molecule has 7 heteroatoms. The smallest absolute Gasteiger partial charge is 0.304 e. The van der Waals surface area contributed by atoms with Crippen LogP contribution in [0.15, 0.2) is 42.6 Å². The van der Waals surface area contributed by atoms with Crippen LogP contribution in [-0.2, 0) is 16.0 Å². The summed E-state index contributed by atoms with van der Waals surface area (Å²) in [6.45, 7) is 6.26. The van der Waals surface area contributed by atoms with E-state index in [-0.39, 0.29) is 24.5 Å². The van der Waals surface area contributed by atoms with Crippen LogP contribution in [0.5, 0.6) is 11.5 Å². The van der Waals surface area contributed by atoms with Gasteiger partial charge in [0.25, 0.3) is 0 Å². The number of aliphatic carboxylic acids is 1. The van der Waals surface area contributed by atoms with Gasteiger partial charge in [-0.3, -0.25) is 9.78 Å². The number of pyridine rings is 1. The molecule has 2 aliphatic heterocycles. The summed E-state index contributed by atoms with van der Waals surface area (Å²) in [6.07, 6.45) is 5.93. The standard InChI is InChI=1S/C31H34N2O5/c1-18-12-23(38-22-8-10-36-11-9-22)13-19(2)30(18)26-5-3-4-25-24(26)6-7-27(25)33-21-15-28-31(32-16-21)20(17-37-28)14-29(34)35/h3-5,12-13,15-16,20,22,27,33H,6-11,14,17H2,1-2H3,(H,34,35)/t20?,27-/m1/s1. The van der Waals surface area contributed by atoms with Crippen molar-refractivity contribution in [2.24, 2.45) is 0 Å². The Balaban J connectivity index is 1.22. The van der Waals surface area contributed by atoms with E-state index >= 15 is 0 Å². The Labute approximate surface area is 223 Å². The Morgan fingerprint density at radius 3 is 2.68 bits per heavy atom. The van der Waals surface area contributed by atoms with Crippen molar-refractivity contribution in [3.05, 3.63) is 70.5 Å². The fourth-order valence-electron chi connectivity index (χ4n) is 6.23. The number of nitrogens with one attached hydrogen (secondary N) is 1. The van der Waals surface area contributed by atoms with Crippen molar-refractivity contribution >= 4 is 11.7 Å². The maximum absolute atomic E-state index is 11.1. The highest BCUT2D eigenvalue weighted by Gasteiger charge is 2.30. The highest BCUT2D eigenvalue weighted by atomic mass is 16.5. The molecule has 3 heterocycles. The van der Waals surface area contributed by atoms with E-state index in [0.717, 1.165) is 56.0 Å². The zero-order chi connectivity index (χ0) is 26.2. The van der Waals surface area contributed by atoms with Crippen LogP contribution >= 0.6 is 0 Å². The number of aryl methyl sites for hydroxylation is 2. The van der Waals surface area contributed by atoms with E-state index in [1.54, 1.807) is 6.20 Å². The second-order valence-electron chi connectivity index (χ2n) is 10.7. The van der Waals surface area contributed by atoms with Gasteiger partial charge in [-0.05, 0) is 72.2 Å². The first kappa shape index (κ1) is 24.7. The van der Waals surface area contributed by atoms with Gasteiger partial charge in [-0.15, -0.1) is 0 Å². The lowest BCUT2D eigenvalue weighted by atomic mass is 9.90. The summed E-state index contributed by atoms with van der Waals surface area (Å²) in [5.41, 5.74) is 9.38. The molecule has 3 aliphatic rings. The number of hydrogen-bond acceptors (Lipinski definition) is 6. The van der Waals surface area contributed by atoms with Crippen LogP contribution in [-0.4, -0.2) is 42.0 Å². The number of carboxylic acids is 1. The monoisotopic (exact) mass is 514 g/mol. The van der Waals surface area contributed by atoms with E-state index in [4.69, 9.17) is 19.3 Å². The molecule has 1 fully saturated rings. The lowest BCUT2D eigenvalue weighted by Gasteiger charge is -2.24. The Morgan fingerprint density at radius 1 is 1.13 bits per heavy atom. The van der Waals surface area contributed by atoms with Crippen molar-refractivity contribution in [2.75, 3.05) is 25.1 Å². The third-order valence-electron chi connectivity index (χ3n) is 7.99. The molecule has 3 aromatic rings. The predicted molar refractivity (Wildman–Crippen MR) is 145 cm³/mol. The molecule has 6 rings (SSSR count). The molecule has 1 aromatic heterocycles. The predicted octanol–water partition coefficient (Wildman–Crippen LogP) is 5.97. The number of fused-ring (bicyclic) bond motifs is 2. The molecule has 1 unspecified atom stereocenters. The molecular formula is C31H34N2O5. The highest BCUT2D eigenvalue weighted by Crippen LogP contribution is 2.43. The Bertz CT molecular complexity index is 1340. The minimum Gasteiger partial charge on any atom is -0.491 e. The van der Waals surface area contributed by atoms with E-state index in [9.17, 15) is 4.79 Å². The fourth-order valence-corrected chi connectivity index (χ4v) is 6.23. The summed E-state index contributed by atoms with van der Waals surface area (Å²) >= 11 is 0. The van der Waals surface area contributed by atoms with Gasteiger partial charge in [-0.2, -0.15) is 0 Å². The van der Waals surface area contributed by atoms with Gasteiger partial charge in [-0.25, -0.2) is 0 Å². The number of hydrogen-bond donors (Lipinski definition) is 2. The maximum atomic E-state index is 11.1. The minimum absolute atomic E-state index is 0.0348. The molecule has 198 valence electrons. The zero-order valence-corrected chi connectivity index (χ0v) is 22.0. The number of aromatic nitrogens is 1. The molecule has 0 radical (unpaired) electrons. The molecule has 1 aliphatic carbocycles. The molecule has 0 amide bonds. The summed E-state index contributed by atoms with van der Waals surface area (Å²) in [4.78, 5) is 15.7. The number of nitrogens with zero attached hydrogens (tertiary/aromatic N) is 1. The second kappa shape index (κ2) is 10.3. The lowest BCUT2D eigenvalue weighted by Crippen LogP contribution is -2.25. The normalized spacial score (nSPS) is 20.5. The SMILES string of the molecule is Cc1cc(OC2CCOCC2)cc(C)c1-c1cccc2c1CC[C@H]2Nc1cnc2c(c1)OCC2CC(=O)O. The van der Waals surface area contributed by atoms with Crippen LogP contribution in [0.3, 0.4) is 0 Å². The molecular weight excluding hydrogens is 480 g/mol. The first-order valence-corrected chi connectivity index (χ1v) is 13.5. The molecule has 7 nitrogen and oxygen atoms in total. The summed E-state index contributed by atoms with van der Waals surface area (Å²) in [5.74, 6) is 0.606. The van der Waals surface area contributed by atoms with Gasteiger partial charge in [0.05, 0.1) is 49.9 Å². The van der Waals surface area contributed by atoms with Crippen molar-refractivity contribution < 1.29 is 24.1 Å². The van der Waals surface area contributed by atoms with Crippen molar-refractivity contribution in [2.45, 2.75) is 64.0 Å². The van der Waals surface area contributed by atoms with Crippen molar-refractivity contribution in [1.82, 2.24) is 4.98 Å². The van der Waals surface area contributed by atoms with Crippen LogP contribution in [0.25, 0.3) is 11.1 Å². The first-order valence-electron chi connectivity index (χ1n) is 13.5. The Kier molecular flexibility index (Phi) is 6.70. The average Bonchev–Trinajstić information content (AvgIpc) is 3.48. The zero-order valence-electron chi connectivity index (χ0n) is 22.0. The maximum Gasteiger partial charge on any atom is 0.304 e. The Morgan fingerprint density at radius 2 is 1.92 bits per heavy atom. The topological polar surface area (TPSA) is 89.9 Å². The molecule has 38 heavy (non-hydrogen) atoms. The van der Waals surface area contributed by atoms with Crippen LogP contribution < -0.4 is 14.8 Å². The lowest BCUT2D eigenvalue weighted by molar-refractivity contribution is -0.137. The molecule has 0 bridgehead atoms. The largest absolute Gasteiger partial charge is 0.491 e. The molecule has 0 saturated carbocycles. The van der Waals surface area contributed by atoms with E-state index in [2.05, 4.69) is 54.5 Å². The van der Waals surface area contributed by atoms with Crippen LogP contribution in [0.4, 0.5) is 5.69 Å². The summed E-state index contributed by atoms with van der Waals surface area (Å²) in [6, 6.07) is 13.1. The third kappa shape index (κ3) is 4.83. The van der Waals surface area contributed by atoms with Gasteiger partial charge in [0, 0.05) is 24.8 Å². The summed E-state index contributed by atoms with van der Waals surface area (Å²) < 4.78 is 17.5. The van der Waals surface area contributed by atoms with Crippen molar-refractivity contribution in [3.63, 3.8) is 0 Å². The van der Waals surface area contributed by atoms with Gasteiger partial charge in [0.2, 0.25) is 0 Å². The summed E-state index contributed by atoms with van der Waals surface area (Å²) in [7, 11) is 0. The first-order chi connectivity index (χ1) is 18.5. The van der Waals surface area contributed by atoms with E-state index in [0.29, 0.717) is 12.4 Å². The number of ether oxygens (including phenoxy) is 3. The van der Waals surface area contributed by atoms with Crippen LogP contribution in [0, 0.1) is 13.8 Å². The number of anilines is 1. The molecule has 1 saturated heterocycles. The second-order valence-corrected chi connectivity index (χ2v) is 10.7. The van der Waals surface area contributed by atoms with Crippen LogP contribution in [0.1, 0.15) is 65.6 Å². The third-order valence-corrected chi connectivity index (χ3v) is 7.99. The molecule has 2 atom stereocenters. The minimum atomic E-state index is -0.833. The fraction of sp³-hybridized carbons (Fsp3) is 0.419. The average molecular weight is 515 g/mol. The molecule has 2 aromatic carbocycles. The highest BCUT2D eigenvalue weighted by molar-refractivity contribution is 5.77. The van der Waals surface area contributed by atoms with E-state index in [1.807, 2.05) is 6.07 Å². The Hall–Kier alpha value is -3.58. The molecule has 2 N–H and O–H groups in total. The summed E-state index contributed by atoms with van der Waals surface area (Å²) in [5, 5.41) is 12.8. The number of carbonyl (C=O) groups is 1. The van der Waals surface area contributed by atoms with Crippen LogP contribution in [0.2, 0.25) is 0 Å². The number of carboxylic acid groups (broad SMARTS) is 1. The van der Waals surface area contributed by atoms with Crippen molar-refractivity contribution in [3.8, 4) is 22.6 Å². The van der Waals surface area contributed by atoms with Gasteiger partial charge >= 0.3 is 5.97 Å². The van der Waals surface area contributed by atoms with Gasteiger partial charge in [0.15, 0.2) is 0 Å². The van der Waals surface area contributed by atoms with E-state index < -0.39 is 5.97 Å². The molecule has 0 spiro atoms. The van der Waals surface area contributed by atoms with Gasteiger partial charge < -0.3 is 24.6 Å². The number of benzene rings is 2. The van der Waals surface area contributed by atoms with Crippen molar-refractivity contribution in [1.29, 1.82) is 0 Å². The van der Waals surface area contributed by atoms with E-state index in [1.165, 1.54) is 33.4 Å². The van der Waals surface area contributed by atoms with Gasteiger partial charge in [-0.1, -0.05) is 18.2 Å². The number of rotatable bonds is 7.